The number of carboxylic acids is 1. The summed E-state index contributed by atoms with van der Waals surface area (Å²) in [7, 11) is 1.66. The Morgan fingerprint density at radius 1 is 1.42 bits per heavy atom. The molecule has 0 aromatic rings. The van der Waals surface area contributed by atoms with Gasteiger partial charge in [0.15, 0.2) is 0 Å². The summed E-state index contributed by atoms with van der Waals surface area (Å²) in [5.74, 6) is -1.09. The monoisotopic (exact) mass is 272 g/mol. The molecule has 2 amide bonds. The van der Waals surface area contributed by atoms with E-state index in [1.807, 2.05) is 13.8 Å². The number of hydrogen-bond acceptors (Lipinski definition) is 3. The molecule has 1 saturated carbocycles. The van der Waals surface area contributed by atoms with Crippen molar-refractivity contribution in [2.45, 2.75) is 57.7 Å². The topological polar surface area (TPSA) is 87.7 Å². The fourth-order valence-electron chi connectivity index (χ4n) is 2.34. The number of ether oxygens (including phenoxy) is 1. The van der Waals surface area contributed by atoms with Gasteiger partial charge in [0.2, 0.25) is 0 Å². The second-order valence-corrected chi connectivity index (χ2v) is 5.19. The van der Waals surface area contributed by atoms with E-state index >= 15 is 0 Å². The van der Waals surface area contributed by atoms with Crippen LogP contribution >= 0.6 is 0 Å². The molecule has 19 heavy (non-hydrogen) atoms. The van der Waals surface area contributed by atoms with E-state index in [1.54, 1.807) is 7.11 Å². The van der Waals surface area contributed by atoms with Crippen LogP contribution in [0.4, 0.5) is 4.79 Å². The Bertz CT molecular complexity index is 322. The molecular formula is C13H24N2O4. The van der Waals surface area contributed by atoms with Gasteiger partial charge in [0.25, 0.3) is 0 Å². The van der Waals surface area contributed by atoms with Gasteiger partial charge in [-0.05, 0) is 25.2 Å². The average molecular weight is 272 g/mol. The lowest BCUT2D eigenvalue weighted by Crippen LogP contribution is -2.51. The molecule has 0 aromatic heterocycles. The van der Waals surface area contributed by atoms with Crippen molar-refractivity contribution >= 4 is 12.0 Å². The third kappa shape index (κ3) is 4.70. The van der Waals surface area contributed by atoms with Gasteiger partial charge in [-0.25, -0.2) is 9.59 Å². The second kappa shape index (κ2) is 7.33. The predicted molar refractivity (Wildman–Crippen MR) is 71.0 cm³/mol. The molecule has 0 aliphatic heterocycles. The summed E-state index contributed by atoms with van der Waals surface area (Å²) in [5, 5.41) is 14.5. The van der Waals surface area contributed by atoms with E-state index < -0.39 is 18.0 Å². The largest absolute Gasteiger partial charge is 0.480 e. The Kier molecular flexibility index (Phi) is 6.08. The van der Waals surface area contributed by atoms with E-state index in [-0.39, 0.29) is 18.1 Å². The molecule has 1 rings (SSSR count). The smallest absolute Gasteiger partial charge is 0.326 e. The summed E-state index contributed by atoms with van der Waals surface area (Å²) in [4.78, 5) is 22.9. The van der Waals surface area contributed by atoms with Crippen molar-refractivity contribution in [2.75, 3.05) is 7.11 Å². The van der Waals surface area contributed by atoms with Crippen molar-refractivity contribution in [3.63, 3.8) is 0 Å². The average Bonchev–Trinajstić information content (AvgIpc) is 2.82. The van der Waals surface area contributed by atoms with E-state index in [4.69, 9.17) is 9.84 Å². The Morgan fingerprint density at radius 3 is 2.58 bits per heavy atom. The fourth-order valence-corrected chi connectivity index (χ4v) is 2.34. The first-order valence-electron chi connectivity index (χ1n) is 6.80. The highest BCUT2D eigenvalue weighted by Gasteiger charge is 2.29. The molecule has 6 nitrogen and oxygen atoms in total. The number of rotatable bonds is 6. The number of carboxylic acid groups (broad SMARTS) is 1. The molecule has 6 heteroatoms. The predicted octanol–water partition coefficient (Wildman–Crippen LogP) is 1.35. The summed E-state index contributed by atoms with van der Waals surface area (Å²) in [6.07, 6.45) is 3.47. The molecular weight excluding hydrogens is 248 g/mol. The minimum absolute atomic E-state index is 0.0660. The molecule has 3 N–H and O–H groups in total. The van der Waals surface area contributed by atoms with E-state index in [2.05, 4.69) is 10.6 Å². The number of carbonyl (C=O) groups excluding carboxylic acids is 1. The minimum atomic E-state index is -0.995. The van der Waals surface area contributed by atoms with Crippen LogP contribution in [-0.2, 0) is 9.53 Å². The lowest BCUT2D eigenvalue weighted by molar-refractivity contribution is -0.140. The number of urea groups is 1. The van der Waals surface area contributed by atoms with Crippen LogP contribution in [0.3, 0.4) is 0 Å². The van der Waals surface area contributed by atoms with E-state index in [1.165, 1.54) is 0 Å². The lowest BCUT2D eigenvalue weighted by Gasteiger charge is -2.22. The van der Waals surface area contributed by atoms with Crippen molar-refractivity contribution in [1.29, 1.82) is 0 Å². The minimum Gasteiger partial charge on any atom is -0.480 e. The second-order valence-electron chi connectivity index (χ2n) is 5.19. The highest BCUT2D eigenvalue weighted by Crippen LogP contribution is 2.21. The number of methoxy groups -OCH3 is 1. The normalized spacial score (nSPS) is 25.6. The molecule has 0 radical (unpaired) electrons. The number of amides is 2. The quantitative estimate of drug-likeness (QED) is 0.681. The van der Waals surface area contributed by atoms with Gasteiger partial charge in [-0.1, -0.05) is 20.3 Å². The fraction of sp³-hybridized carbons (Fsp3) is 0.846. The summed E-state index contributed by atoms with van der Waals surface area (Å²) in [5.41, 5.74) is 0. The first kappa shape index (κ1) is 15.8. The zero-order valence-electron chi connectivity index (χ0n) is 11.8. The highest BCUT2D eigenvalue weighted by atomic mass is 16.5. The molecule has 0 bridgehead atoms. The number of carbonyl (C=O) groups is 2. The molecule has 0 heterocycles. The van der Waals surface area contributed by atoms with Crippen LogP contribution in [0.25, 0.3) is 0 Å². The summed E-state index contributed by atoms with van der Waals surface area (Å²) in [6, 6.07) is -1.18. The van der Waals surface area contributed by atoms with E-state index in [9.17, 15) is 9.59 Å². The van der Waals surface area contributed by atoms with Crippen LogP contribution in [0.1, 0.15) is 39.5 Å². The molecule has 1 fully saturated rings. The SMILES string of the molecule is CCC(C)[C@H](NC(=O)NC1CCC(OC)C1)C(=O)O. The maximum absolute atomic E-state index is 11.8. The Morgan fingerprint density at radius 2 is 2.11 bits per heavy atom. The molecule has 0 aromatic carbocycles. The molecule has 0 saturated heterocycles. The molecule has 3 unspecified atom stereocenters. The van der Waals surface area contributed by atoms with Crippen LogP contribution in [0.15, 0.2) is 0 Å². The van der Waals surface area contributed by atoms with Crippen molar-refractivity contribution in [2.24, 2.45) is 5.92 Å². The molecule has 110 valence electrons. The van der Waals surface area contributed by atoms with Crippen molar-refractivity contribution < 1.29 is 19.4 Å². The molecule has 0 spiro atoms. The van der Waals surface area contributed by atoms with E-state index in [0.717, 1.165) is 19.3 Å². The highest BCUT2D eigenvalue weighted by molar-refractivity contribution is 5.82. The Labute approximate surface area is 113 Å². The van der Waals surface area contributed by atoms with Gasteiger partial charge in [-0.3, -0.25) is 0 Å². The van der Waals surface area contributed by atoms with Gasteiger partial charge in [-0.2, -0.15) is 0 Å². The van der Waals surface area contributed by atoms with Gasteiger partial charge in [0, 0.05) is 13.2 Å². The Hall–Kier alpha value is -1.30. The summed E-state index contributed by atoms with van der Waals surface area (Å²) < 4.78 is 5.23. The van der Waals surface area contributed by atoms with E-state index in [0.29, 0.717) is 6.42 Å². The van der Waals surface area contributed by atoms with Gasteiger partial charge < -0.3 is 20.5 Å². The first-order valence-corrected chi connectivity index (χ1v) is 6.80. The standard InChI is InChI=1S/C13H24N2O4/c1-4-8(2)11(12(16)17)15-13(18)14-9-5-6-10(7-9)19-3/h8-11H,4-7H2,1-3H3,(H,16,17)(H2,14,15,18)/t8?,9?,10?,11-/m0/s1. The van der Waals surface area contributed by atoms with Gasteiger partial charge >= 0.3 is 12.0 Å². The molecule has 1 aliphatic carbocycles. The van der Waals surface area contributed by atoms with Crippen molar-refractivity contribution in [1.82, 2.24) is 10.6 Å². The van der Waals surface area contributed by atoms with Gasteiger partial charge in [-0.15, -0.1) is 0 Å². The van der Waals surface area contributed by atoms with Crippen LogP contribution in [0.2, 0.25) is 0 Å². The summed E-state index contributed by atoms with van der Waals surface area (Å²) >= 11 is 0. The van der Waals surface area contributed by atoms with Crippen LogP contribution in [-0.4, -0.2) is 42.4 Å². The molecule has 4 atom stereocenters. The number of nitrogens with one attached hydrogen (secondary N) is 2. The van der Waals surface area contributed by atoms with Gasteiger partial charge in [0.1, 0.15) is 6.04 Å². The zero-order chi connectivity index (χ0) is 14.4. The van der Waals surface area contributed by atoms with Crippen LogP contribution in [0.5, 0.6) is 0 Å². The maximum atomic E-state index is 11.8. The third-order valence-electron chi connectivity index (χ3n) is 3.82. The third-order valence-corrected chi connectivity index (χ3v) is 3.82. The number of hydrogen-bond donors (Lipinski definition) is 3. The van der Waals surface area contributed by atoms with Crippen LogP contribution in [0, 0.1) is 5.92 Å². The first-order chi connectivity index (χ1) is 8.97. The zero-order valence-corrected chi connectivity index (χ0v) is 11.8. The lowest BCUT2D eigenvalue weighted by atomic mass is 9.99. The number of aliphatic carboxylic acids is 1. The summed E-state index contributed by atoms with van der Waals surface area (Å²) in [6.45, 7) is 3.72. The van der Waals surface area contributed by atoms with Crippen LogP contribution < -0.4 is 10.6 Å². The maximum Gasteiger partial charge on any atom is 0.326 e. The van der Waals surface area contributed by atoms with Crippen molar-refractivity contribution in [3.05, 3.63) is 0 Å². The Balaban J connectivity index is 2.43. The molecule has 1 aliphatic rings. The van der Waals surface area contributed by atoms with Gasteiger partial charge in [0.05, 0.1) is 6.10 Å². The van der Waals surface area contributed by atoms with Crippen molar-refractivity contribution in [3.8, 4) is 0 Å².